The number of carbonyl (C=O) groups is 1. The van der Waals surface area contributed by atoms with Gasteiger partial charge >= 0.3 is 5.97 Å². The molecule has 2 heterocycles. The first kappa shape index (κ1) is 22.0. The first-order valence-electron chi connectivity index (χ1n) is 10.5. The molecular weight excluding hydrogens is 434 g/mol. The van der Waals surface area contributed by atoms with Crippen LogP contribution in [-0.2, 0) is 29.0 Å². The van der Waals surface area contributed by atoms with E-state index in [0.29, 0.717) is 26.7 Å². The Hall–Kier alpha value is -2.25. The van der Waals surface area contributed by atoms with E-state index in [1.165, 1.54) is 4.88 Å². The summed E-state index contributed by atoms with van der Waals surface area (Å²) in [6, 6.07) is 6.29. The quantitative estimate of drug-likeness (QED) is 0.515. The molecule has 3 aromatic rings. The predicted molar refractivity (Wildman–Crippen MR) is 123 cm³/mol. The van der Waals surface area contributed by atoms with Crippen molar-refractivity contribution in [3.8, 4) is 0 Å². The van der Waals surface area contributed by atoms with Crippen LogP contribution >= 0.6 is 22.9 Å². The number of esters is 1. The molecule has 8 heteroatoms. The number of ether oxygens (including phenoxy) is 1. The summed E-state index contributed by atoms with van der Waals surface area (Å²) in [5.41, 5.74) is 1.73. The number of hydrogen-bond donors (Lipinski definition) is 0. The van der Waals surface area contributed by atoms with Gasteiger partial charge in [-0.2, -0.15) is 4.68 Å². The second-order valence-corrected chi connectivity index (χ2v) is 10.7. The molecule has 0 amide bonds. The number of aromatic nitrogens is 3. The summed E-state index contributed by atoms with van der Waals surface area (Å²) in [6.45, 7) is 8.43. The minimum atomic E-state index is -0.881. The molecule has 0 unspecified atom stereocenters. The highest BCUT2D eigenvalue weighted by Gasteiger charge is 2.32. The lowest BCUT2D eigenvalue weighted by atomic mass is 9.72. The highest BCUT2D eigenvalue weighted by atomic mass is 35.5. The number of thiophene rings is 1. The van der Waals surface area contributed by atoms with Crippen LogP contribution in [0.3, 0.4) is 0 Å². The summed E-state index contributed by atoms with van der Waals surface area (Å²) in [5, 5.41) is 9.45. The van der Waals surface area contributed by atoms with E-state index >= 15 is 0 Å². The lowest BCUT2D eigenvalue weighted by molar-refractivity contribution is -0.148. The van der Waals surface area contributed by atoms with Gasteiger partial charge in [-0.15, -0.1) is 16.4 Å². The van der Waals surface area contributed by atoms with Crippen LogP contribution in [0.4, 0.5) is 0 Å². The third kappa shape index (κ3) is 4.26. The maximum Gasteiger partial charge on any atom is 0.331 e. The number of halogens is 1. The molecule has 2 atom stereocenters. The Morgan fingerprint density at radius 3 is 2.81 bits per heavy atom. The maximum absolute atomic E-state index is 13.3. The van der Waals surface area contributed by atoms with Crippen molar-refractivity contribution < 1.29 is 9.53 Å². The van der Waals surface area contributed by atoms with Gasteiger partial charge in [-0.3, -0.25) is 4.79 Å². The van der Waals surface area contributed by atoms with Crippen molar-refractivity contribution in [3.63, 3.8) is 0 Å². The zero-order valence-electron chi connectivity index (χ0n) is 18.1. The largest absolute Gasteiger partial charge is 0.459 e. The first-order chi connectivity index (χ1) is 14.7. The number of aryl methyl sites for hydroxylation is 1. The molecule has 31 heavy (non-hydrogen) atoms. The monoisotopic (exact) mass is 459 g/mol. The molecule has 0 N–H and O–H groups in total. The van der Waals surface area contributed by atoms with Gasteiger partial charge in [-0.1, -0.05) is 55.8 Å². The van der Waals surface area contributed by atoms with Gasteiger partial charge in [0.2, 0.25) is 0 Å². The van der Waals surface area contributed by atoms with Gasteiger partial charge in [0.25, 0.3) is 5.56 Å². The molecule has 4 rings (SSSR count). The van der Waals surface area contributed by atoms with Crippen molar-refractivity contribution in [1.82, 2.24) is 15.0 Å². The highest BCUT2D eigenvalue weighted by Crippen LogP contribution is 2.41. The number of fused-ring (bicyclic) bond motifs is 3. The summed E-state index contributed by atoms with van der Waals surface area (Å²) in [6.07, 6.45) is 2.85. The number of hydrogen-bond acceptors (Lipinski definition) is 6. The molecule has 164 valence electrons. The fourth-order valence-corrected chi connectivity index (χ4v) is 5.51. The predicted octanol–water partition coefficient (Wildman–Crippen LogP) is 4.96. The summed E-state index contributed by atoms with van der Waals surface area (Å²) >= 11 is 7.67. The molecule has 1 aliphatic carbocycles. The Kier molecular flexibility index (Phi) is 5.92. The van der Waals surface area contributed by atoms with Gasteiger partial charge in [0, 0.05) is 15.5 Å². The molecule has 1 aliphatic rings. The Bertz CT molecular complexity index is 1190. The summed E-state index contributed by atoms with van der Waals surface area (Å²) in [5.74, 6) is 0.0227. The summed E-state index contributed by atoms with van der Waals surface area (Å²) in [4.78, 5) is 27.7. The van der Waals surface area contributed by atoms with Gasteiger partial charge in [-0.05, 0) is 49.1 Å². The third-order valence-corrected chi connectivity index (χ3v) is 7.67. The van der Waals surface area contributed by atoms with E-state index in [9.17, 15) is 9.59 Å². The van der Waals surface area contributed by atoms with E-state index in [2.05, 4.69) is 31.1 Å². The maximum atomic E-state index is 13.3. The molecule has 0 saturated carbocycles. The van der Waals surface area contributed by atoms with E-state index in [1.54, 1.807) is 30.4 Å². The van der Waals surface area contributed by atoms with E-state index in [4.69, 9.17) is 16.3 Å². The summed E-state index contributed by atoms with van der Waals surface area (Å²) < 4.78 is 6.53. The smallest absolute Gasteiger partial charge is 0.331 e. The molecule has 6 nitrogen and oxygen atoms in total. The van der Waals surface area contributed by atoms with Crippen LogP contribution in [0.25, 0.3) is 10.2 Å². The number of rotatable bonds is 4. The Balaban J connectivity index is 1.59. The topological polar surface area (TPSA) is 74.1 Å². The Morgan fingerprint density at radius 2 is 2.10 bits per heavy atom. The molecule has 0 radical (unpaired) electrons. The van der Waals surface area contributed by atoms with E-state index < -0.39 is 12.0 Å². The molecule has 0 fully saturated rings. The molecule has 2 aromatic heterocycles. The zero-order chi connectivity index (χ0) is 22.3. The second kappa shape index (κ2) is 8.36. The fourth-order valence-electron chi connectivity index (χ4n) is 4.08. The molecule has 1 aromatic carbocycles. The average molecular weight is 460 g/mol. The number of benzene rings is 1. The normalized spacial score (nSPS) is 17.4. The van der Waals surface area contributed by atoms with Crippen molar-refractivity contribution >= 4 is 39.1 Å². The third-order valence-electron chi connectivity index (χ3n) is 6.16. The lowest BCUT2D eigenvalue weighted by Gasteiger charge is -2.33. The van der Waals surface area contributed by atoms with Crippen molar-refractivity contribution in [2.75, 3.05) is 0 Å². The molecule has 0 saturated heterocycles. The van der Waals surface area contributed by atoms with Crippen LogP contribution in [0.5, 0.6) is 0 Å². The van der Waals surface area contributed by atoms with Crippen LogP contribution in [0, 0.1) is 11.3 Å². The van der Waals surface area contributed by atoms with E-state index in [0.717, 1.165) is 29.5 Å². The van der Waals surface area contributed by atoms with E-state index in [1.807, 2.05) is 12.1 Å². The Labute approximate surface area is 190 Å². The van der Waals surface area contributed by atoms with Crippen LogP contribution in [0.2, 0.25) is 5.02 Å². The average Bonchev–Trinajstić information content (AvgIpc) is 3.10. The minimum Gasteiger partial charge on any atom is -0.459 e. The SMILES string of the molecule is C[C@H](C(=O)OCc1ccccc1Cl)n1nnc2sc3c(c2c1=O)CC[C@@H](C(C)(C)C)C3. The van der Waals surface area contributed by atoms with Crippen molar-refractivity contribution in [3.05, 3.63) is 55.6 Å². The van der Waals surface area contributed by atoms with Crippen LogP contribution in [-0.4, -0.2) is 21.0 Å². The van der Waals surface area contributed by atoms with Crippen molar-refractivity contribution in [2.24, 2.45) is 11.3 Å². The minimum absolute atomic E-state index is 0.0370. The number of carbonyl (C=O) groups excluding carboxylic acids is 1. The second-order valence-electron chi connectivity index (χ2n) is 9.20. The standard InChI is InChI=1S/C23H26ClN3O3S/c1-13(22(29)30-12-14-7-5-6-8-17(14)24)27-21(28)19-16-10-9-15(23(2,3)4)11-18(16)31-20(19)25-26-27/h5-8,13,15H,9-12H2,1-4H3/t13-,15-/m1/s1. The van der Waals surface area contributed by atoms with Gasteiger partial charge in [-0.25, -0.2) is 4.79 Å². The van der Waals surface area contributed by atoms with Gasteiger partial charge < -0.3 is 4.74 Å². The first-order valence-corrected chi connectivity index (χ1v) is 11.7. The van der Waals surface area contributed by atoms with Crippen molar-refractivity contribution in [1.29, 1.82) is 0 Å². The van der Waals surface area contributed by atoms with Gasteiger partial charge in [0.05, 0.1) is 5.39 Å². The van der Waals surface area contributed by atoms with Crippen LogP contribution in [0.15, 0.2) is 29.1 Å². The summed E-state index contributed by atoms with van der Waals surface area (Å²) in [7, 11) is 0. The fraction of sp³-hybridized carbons (Fsp3) is 0.478. The van der Waals surface area contributed by atoms with Crippen LogP contribution in [0.1, 0.15) is 56.2 Å². The molecular formula is C23H26ClN3O3S. The lowest BCUT2D eigenvalue weighted by Crippen LogP contribution is -2.32. The van der Waals surface area contributed by atoms with Crippen molar-refractivity contribution in [2.45, 2.75) is 59.6 Å². The zero-order valence-corrected chi connectivity index (χ0v) is 19.7. The molecule has 0 spiro atoms. The number of nitrogens with zero attached hydrogens (tertiary/aromatic N) is 3. The van der Waals surface area contributed by atoms with Gasteiger partial charge in [0.15, 0.2) is 10.9 Å². The Morgan fingerprint density at radius 1 is 1.35 bits per heavy atom. The van der Waals surface area contributed by atoms with E-state index in [-0.39, 0.29) is 17.6 Å². The molecule has 0 aliphatic heterocycles. The highest BCUT2D eigenvalue weighted by molar-refractivity contribution is 7.18. The van der Waals surface area contributed by atoms with Gasteiger partial charge in [0.1, 0.15) is 6.61 Å². The molecule has 0 bridgehead atoms. The van der Waals surface area contributed by atoms with Crippen LogP contribution < -0.4 is 5.56 Å².